The second kappa shape index (κ2) is 5.94. The molecule has 2 aromatic rings. The number of amides is 1. The number of hydrogen-bond acceptors (Lipinski definition) is 3. The third-order valence-corrected chi connectivity index (χ3v) is 3.05. The summed E-state index contributed by atoms with van der Waals surface area (Å²) in [4.78, 5) is 22.8. The Morgan fingerprint density at radius 1 is 1.00 bits per heavy atom. The Morgan fingerprint density at radius 3 is 2.20 bits per heavy atom. The minimum atomic E-state index is -0.613. The van der Waals surface area contributed by atoms with Crippen LogP contribution in [0.15, 0.2) is 42.5 Å². The molecule has 0 saturated heterocycles. The Balaban J connectivity index is 2.17. The van der Waals surface area contributed by atoms with Crippen molar-refractivity contribution in [2.24, 2.45) is 5.73 Å². The van der Waals surface area contributed by atoms with Crippen molar-refractivity contribution in [2.75, 3.05) is 0 Å². The van der Waals surface area contributed by atoms with Crippen LogP contribution in [0, 0.1) is 0 Å². The Kier molecular flexibility index (Phi) is 4.27. The number of ether oxygens (including phenoxy) is 1. The summed E-state index contributed by atoms with van der Waals surface area (Å²) in [7, 11) is 0. The highest BCUT2D eigenvalue weighted by molar-refractivity contribution is 6.36. The van der Waals surface area contributed by atoms with E-state index >= 15 is 0 Å². The molecule has 2 aromatic carbocycles. The smallest absolute Gasteiger partial charge is 0.345 e. The standard InChI is InChI=1S/C14H9Cl2NO3/c15-9-3-6-11(12(16)7-9)14(19)20-10-4-1-8(2-5-10)13(17)18/h1-7H,(H2,17,18). The average molecular weight is 310 g/mol. The summed E-state index contributed by atoms with van der Waals surface area (Å²) < 4.78 is 5.14. The molecule has 0 fully saturated rings. The first-order chi connectivity index (χ1) is 9.47. The van der Waals surface area contributed by atoms with E-state index in [9.17, 15) is 9.59 Å². The van der Waals surface area contributed by atoms with Gasteiger partial charge in [0.2, 0.25) is 5.91 Å². The minimum Gasteiger partial charge on any atom is -0.423 e. The lowest BCUT2D eigenvalue weighted by atomic mass is 10.2. The van der Waals surface area contributed by atoms with Gasteiger partial charge in [-0.15, -0.1) is 0 Å². The van der Waals surface area contributed by atoms with Gasteiger partial charge in [0.15, 0.2) is 0 Å². The zero-order valence-electron chi connectivity index (χ0n) is 10.1. The molecule has 2 rings (SSSR count). The van der Waals surface area contributed by atoms with Crippen LogP contribution in [0.5, 0.6) is 5.75 Å². The maximum atomic E-state index is 11.9. The largest absolute Gasteiger partial charge is 0.423 e. The molecule has 4 nitrogen and oxygen atoms in total. The van der Waals surface area contributed by atoms with Crippen LogP contribution in [-0.2, 0) is 0 Å². The van der Waals surface area contributed by atoms with Crippen LogP contribution in [0.4, 0.5) is 0 Å². The molecule has 0 atom stereocenters. The molecule has 0 saturated carbocycles. The minimum absolute atomic E-state index is 0.204. The number of rotatable bonds is 3. The summed E-state index contributed by atoms with van der Waals surface area (Å²) in [5.41, 5.74) is 5.65. The van der Waals surface area contributed by atoms with Crippen LogP contribution >= 0.6 is 23.2 Å². The van der Waals surface area contributed by atoms with Crippen molar-refractivity contribution < 1.29 is 14.3 Å². The van der Waals surface area contributed by atoms with E-state index < -0.39 is 11.9 Å². The molecule has 0 radical (unpaired) electrons. The van der Waals surface area contributed by atoms with Crippen molar-refractivity contribution in [1.82, 2.24) is 0 Å². The predicted molar refractivity (Wildman–Crippen MR) is 76.4 cm³/mol. The van der Waals surface area contributed by atoms with Crippen molar-refractivity contribution in [3.05, 3.63) is 63.6 Å². The van der Waals surface area contributed by atoms with Crippen LogP contribution in [0.1, 0.15) is 20.7 Å². The fraction of sp³-hybridized carbons (Fsp3) is 0. The zero-order chi connectivity index (χ0) is 14.7. The molecular formula is C14H9Cl2NO3. The molecule has 20 heavy (non-hydrogen) atoms. The zero-order valence-corrected chi connectivity index (χ0v) is 11.6. The topological polar surface area (TPSA) is 69.4 Å². The molecule has 0 spiro atoms. The molecule has 0 bridgehead atoms. The van der Waals surface area contributed by atoms with Gasteiger partial charge in [-0.25, -0.2) is 4.79 Å². The second-order valence-electron chi connectivity index (χ2n) is 3.90. The number of benzene rings is 2. The number of esters is 1. The number of primary amides is 1. The number of hydrogen-bond donors (Lipinski definition) is 1. The maximum absolute atomic E-state index is 11.9. The van der Waals surface area contributed by atoms with E-state index in [-0.39, 0.29) is 16.3 Å². The van der Waals surface area contributed by atoms with Gasteiger partial charge < -0.3 is 10.5 Å². The first kappa shape index (κ1) is 14.4. The maximum Gasteiger partial charge on any atom is 0.345 e. The highest BCUT2D eigenvalue weighted by Crippen LogP contribution is 2.22. The lowest BCUT2D eigenvalue weighted by Crippen LogP contribution is -2.11. The van der Waals surface area contributed by atoms with Gasteiger partial charge in [-0.1, -0.05) is 23.2 Å². The molecule has 1 amide bonds. The van der Waals surface area contributed by atoms with Gasteiger partial charge in [0, 0.05) is 10.6 Å². The third-order valence-electron chi connectivity index (χ3n) is 2.50. The van der Waals surface area contributed by atoms with Gasteiger partial charge in [0.25, 0.3) is 0 Å². The van der Waals surface area contributed by atoms with Gasteiger partial charge in [-0.2, -0.15) is 0 Å². The first-order valence-corrected chi connectivity index (χ1v) is 6.30. The van der Waals surface area contributed by atoms with E-state index in [1.807, 2.05) is 0 Å². The van der Waals surface area contributed by atoms with Crippen molar-refractivity contribution in [1.29, 1.82) is 0 Å². The summed E-state index contributed by atoms with van der Waals surface area (Å²) >= 11 is 11.7. The monoisotopic (exact) mass is 309 g/mol. The molecule has 0 aliphatic heterocycles. The molecule has 102 valence electrons. The summed E-state index contributed by atoms with van der Waals surface area (Å²) in [6, 6.07) is 10.4. The summed E-state index contributed by atoms with van der Waals surface area (Å²) in [5.74, 6) is -0.881. The van der Waals surface area contributed by atoms with Crippen LogP contribution < -0.4 is 10.5 Å². The summed E-state index contributed by atoms with van der Waals surface area (Å²) in [5, 5.41) is 0.633. The van der Waals surface area contributed by atoms with Crippen molar-refractivity contribution in [3.63, 3.8) is 0 Å². The van der Waals surface area contributed by atoms with Crippen LogP contribution in [0.2, 0.25) is 10.0 Å². The lowest BCUT2D eigenvalue weighted by molar-refractivity contribution is 0.0735. The van der Waals surface area contributed by atoms with Crippen molar-refractivity contribution in [3.8, 4) is 5.75 Å². The van der Waals surface area contributed by atoms with E-state index in [2.05, 4.69) is 0 Å². The van der Waals surface area contributed by atoms with Crippen LogP contribution in [-0.4, -0.2) is 11.9 Å². The Bertz CT molecular complexity index is 669. The quantitative estimate of drug-likeness (QED) is 0.698. The SMILES string of the molecule is NC(=O)c1ccc(OC(=O)c2ccc(Cl)cc2Cl)cc1. The first-order valence-electron chi connectivity index (χ1n) is 5.54. The second-order valence-corrected chi connectivity index (χ2v) is 4.75. The molecular weight excluding hydrogens is 301 g/mol. The van der Waals surface area contributed by atoms with Gasteiger partial charge in [-0.3, -0.25) is 4.79 Å². The Hall–Kier alpha value is -2.04. The fourth-order valence-electron chi connectivity index (χ4n) is 1.50. The number of halogens is 2. The predicted octanol–water partition coefficient (Wildman–Crippen LogP) is 3.31. The van der Waals surface area contributed by atoms with Gasteiger partial charge in [0.1, 0.15) is 5.75 Å². The number of nitrogens with two attached hydrogens (primary N) is 1. The fourth-order valence-corrected chi connectivity index (χ4v) is 1.99. The molecule has 0 aromatic heterocycles. The lowest BCUT2D eigenvalue weighted by Gasteiger charge is -2.06. The van der Waals surface area contributed by atoms with E-state index in [1.54, 1.807) is 6.07 Å². The van der Waals surface area contributed by atoms with E-state index in [0.717, 1.165) is 0 Å². The third kappa shape index (κ3) is 3.29. The Morgan fingerprint density at radius 2 is 1.65 bits per heavy atom. The highest BCUT2D eigenvalue weighted by atomic mass is 35.5. The molecule has 0 aliphatic carbocycles. The van der Waals surface area contributed by atoms with E-state index in [1.165, 1.54) is 36.4 Å². The van der Waals surface area contributed by atoms with Crippen LogP contribution in [0.25, 0.3) is 0 Å². The van der Waals surface area contributed by atoms with Crippen molar-refractivity contribution in [2.45, 2.75) is 0 Å². The molecule has 0 unspecified atom stereocenters. The highest BCUT2D eigenvalue weighted by Gasteiger charge is 2.13. The van der Waals surface area contributed by atoms with Crippen molar-refractivity contribution >= 4 is 35.1 Å². The Labute approximate surface area is 125 Å². The summed E-state index contributed by atoms with van der Waals surface area (Å²) in [6.07, 6.45) is 0. The molecule has 0 aliphatic rings. The summed E-state index contributed by atoms with van der Waals surface area (Å²) in [6.45, 7) is 0. The van der Waals surface area contributed by atoms with E-state index in [4.69, 9.17) is 33.7 Å². The van der Waals surface area contributed by atoms with E-state index in [0.29, 0.717) is 10.6 Å². The van der Waals surface area contributed by atoms with Gasteiger partial charge >= 0.3 is 5.97 Å². The molecule has 6 heteroatoms. The number of carbonyl (C=O) groups is 2. The van der Waals surface area contributed by atoms with Gasteiger partial charge in [0.05, 0.1) is 10.6 Å². The average Bonchev–Trinajstić information content (AvgIpc) is 2.39. The van der Waals surface area contributed by atoms with Gasteiger partial charge in [-0.05, 0) is 42.5 Å². The van der Waals surface area contributed by atoms with Crippen LogP contribution in [0.3, 0.4) is 0 Å². The molecule has 2 N–H and O–H groups in total. The number of carbonyl (C=O) groups excluding carboxylic acids is 2. The molecule has 0 heterocycles. The normalized spacial score (nSPS) is 10.1.